The van der Waals surface area contributed by atoms with Crippen molar-refractivity contribution in [3.05, 3.63) is 47.2 Å². The van der Waals surface area contributed by atoms with Crippen molar-refractivity contribution >= 4 is 5.97 Å². The fourth-order valence-corrected chi connectivity index (χ4v) is 1.82. The molecule has 2 aromatic rings. The Morgan fingerprint density at radius 1 is 1.12 bits per heavy atom. The largest absolute Gasteiger partial charge is 0.477 e. The molecule has 0 atom stereocenters. The number of carbonyl (C=O) groups is 1. The molecule has 16 heavy (non-hydrogen) atoms. The van der Waals surface area contributed by atoms with Crippen LogP contribution < -0.4 is 0 Å². The first-order valence-electron chi connectivity index (χ1n) is 5.07. The van der Waals surface area contributed by atoms with E-state index >= 15 is 0 Å². The van der Waals surface area contributed by atoms with E-state index in [0.29, 0.717) is 0 Å². The van der Waals surface area contributed by atoms with Crippen LogP contribution in [0, 0.1) is 13.8 Å². The van der Waals surface area contributed by atoms with Crippen LogP contribution in [0.2, 0.25) is 0 Å². The lowest BCUT2D eigenvalue weighted by atomic mass is 10.1. The first-order valence-corrected chi connectivity index (χ1v) is 5.07. The minimum absolute atomic E-state index is 0.217. The summed E-state index contributed by atoms with van der Waals surface area (Å²) in [5.74, 6) is -0.935. The van der Waals surface area contributed by atoms with Crippen molar-refractivity contribution in [2.45, 2.75) is 13.8 Å². The van der Waals surface area contributed by atoms with Crippen molar-refractivity contribution in [1.82, 2.24) is 4.98 Å². The monoisotopic (exact) mass is 215 g/mol. The van der Waals surface area contributed by atoms with Crippen LogP contribution in [-0.2, 0) is 0 Å². The number of hydrogen-bond donors (Lipinski definition) is 2. The first-order chi connectivity index (χ1) is 7.56. The molecule has 1 heterocycles. The van der Waals surface area contributed by atoms with Gasteiger partial charge in [-0.25, -0.2) is 4.79 Å². The van der Waals surface area contributed by atoms with E-state index in [-0.39, 0.29) is 5.69 Å². The molecule has 0 aliphatic rings. The molecule has 0 radical (unpaired) electrons. The number of carboxylic acid groups (broad SMARTS) is 1. The Bertz CT molecular complexity index is 520. The molecule has 0 bridgehead atoms. The summed E-state index contributed by atoms with van der Waals surface area (Å²) in [6, 6.07) is 9.52. The smallest absolute Gasteiger partial charge is 0.352 e. The van der Waals surface area contributed by atoms with Gasteiger partial charge in [-0.05, 0) is 43.7 Å². The van der Waals surface area contributed by atoms with Gasteiger partial charge in [0.25, 0.3) is 0 Å². The summed E-state index contributed by atoms with van der Waals surface area (Å²) in [4.78, 5) is 13.6. The lowest BCUT2D eigenvalue weighted by molar-refractivity contribution is 0.0691. The molecule has 1 aromatic heterocycles. The molecule has 0 spiro atoms. The number of aryl methyl sites for hydroxylation is 2. The number of aromatic carboxylic acids is 1. The van der Waals surface area contributed by atoms with Crippen LogP contribution in [0.15, 0.2) is 30.3 Å². The minimum atomic E-state index is -0.935. The van der Waals surface area contributed by atoms with Gasteiger partial charge in [0.05, 0.1) is 0 Å². The summed E-state index contributed by atoms with van der Waals surface area (Å²) in [6.45, 7) is 4.05. The maximum Gasteiger partial charge on any atom is 0.352 e. The first kappa shape index (κ1) is 10.5. The molecule has 0 amide bonds. The summed E-state index contributed by atoms with van der Waals surface area (Å²) in [5, 5.41) is 8.82. The Hall–Kier alpha value is -2.03. The Labute approximate surface area is 93.7 Å². The maximum atomic E-state index is 10.7. The fraction of sp³-hybridized carbons (Fsp3) is 0.154. The third-order valence-corrected chi connectivity index (χ3v) is 2.45. The van der Waals surface area contributed by atoms with Crippen LogP contribution in [0.3, 0.4) is 0 Å². The molecule has 0 unspecified atom stereocenters. The number of carboxylic acids is 1. The second-order valence-electron chi connectivity index (χ2n) is 3.97. The predicted octanol–water partition coefficient (Wildman–Crippen LogP) is 3.00. The molecule has 0 aliphatic carbocycles. The number of nitrogens with one attached hydrogen (secondary N) is 1. The van der Waals surface area contributed by atoms with Gasteiger partial charge < -0.3 is 10.1 Å². The van der Waals surface area contributed by atoms with Gasteiger partial charge in [0.15, 0.2) is 0 Å². The van der Waals surface area contributed by atoms with Gasteiger partial charge in [-0.1, -0.05) is 17.2 Å². The molecule has 2 rings (SSSR count). The zero-order valence-electron chi connectivity index (χ0n) is 9.24. The number of hydrogen-bond acceptors (Lipinski definition) is 1. The lowest BCUT2D eigenvalue weighted by Crippen LogP contribution is -1.95. The van der Waals surface area contributed by atoms with Crippen LogP contribution in [-0.4, -0.2) is 16.1 Å². The van der Waals surface area contributed by atoms with E-state index in [4.69, 9.17) is 5.11 Å². The third-order valence-electron chi connectivity index (χ3n) is 2.45. The Kier molecular flexibility index (Phi) is 2.52. The summed E-state index contributed by atoms with van der Waals surface area (Å²) in [7, 11) is 0. The molecular weight excluding hydrogens is 202 g/mol. The van der Waals surface area contributed by atoms with E-state index < -0.39 is 5.97 Å². The van der Waals surface area contributed by atoms with E-state index in [0.717, 1.165) is 11.3 Å². The zero-order chi connectivity index (χ0) is 11.7. The van der Waals surface area contributed by atoms with E-state index in [9.17, 15) is 4.79 Å². The third kappa shape index (κ3) is 1.98. The molecule has 3 nitrogen and oxygen atoms in total. The number of aromatic amines is 1. The van der Waals surface area contributed by atoms with Gasteiger partial charge in [-0.15, -0.1) is 0 Å². The van der Waals surface area contributed by atoms with Crippen LogP contribution in [0.25, 0.3) is 11.3 Å². The minimum Gasteiger partial charge on any atom is -0.477 e. The average molecular weight is 215 g/mol. The molecule has 0 aliphatic heterocycles. The van der Waals surface area contributed by atoms with Gasteiger partial charge in [-0.2, -0.15) is 0 Å². The van der Waals surface area contributed by atoms with E-state index in [1.807, 2.05) is 26.0 Å². The molecule has 1 aromatic carbocycles. The van der Waals surface area contributed by atoms with Crippen LogP contribution in [0.4, 0.5) is 0 Å². The van der Waals surface area contributed by atoms with Crippen molar-refractivity contribution in [2.24, 2.45) is 0 Å². The Morgan fingerprint density at radius 3 is 2.25 bits per heavy atom. The maximum absolute atomic E-state index is 10.7. The van der Waals surface area contributed by atoms with Gasteiger partial charge in [0.1, 0.15) is 5.69 Å². The molecule has 0 saturated carbocycles. The SMILES string of the molecule is Cc1cc(C)cc(-c2ccc(C(=O)O)[nH]2)c1. The van der Waals surface area contributed by atoms with E-state index in [2.05, 4.69) is 11.1 Å². The summed E-state index contributed by atoms with van der Waals surface area (Å²) in [6.07, 6.45) is 0. The van der Waals surface area contributed by atoms with E-state index in [1.165, 1.54) is 11.1 Å². The second kappa shape index (κ2) is 3.85. The Morgan fingerprint density at radius 2 is 1.75 bits per heavy atom. The van der Waals surface area contributed by atoms with E-state index in [1.54, 1.807) is 12.1 Å². The van der Waals surface area contributed by atoms with Gasteiger partial charge >= 0.3 is 5.97 Å². The molecular formula is C13H13NO2. The van der Waals surface area contributed by atoms with Gasteiger partial charge in [0, 0.05) is 5.69 Å². The van der Waals surface area contributed by atoms with Crippen LogP contribution >= 0.6 is 0 Å². The predicted molar refractivity (Wildman–Crippen MR) is 62.7 cm³/mol. The summed E-state index contributed by atoms with van der Waals surface area (Å²) in [5.41, 5.74) is 4.41. The van der Waals surface area contributed by atoms with Gasteiger partial charge in [-0.3, -0.25) is 0 Å². The summed E-state index contributed by atoms with van der Waals surface area (Å²) >= 11 is 0. The lowest BCUT2D eigenvalue weighted by Gasteiger charge is -2.02. The highest BCUT2D eigenvalue weighted by Crippen LogP contribution is 2.21. The van der Waals surface area contributed by atoms with Crippen molar-refractivity contribution in [3.8, 4) is 11.3 Å². The zero-order valence-corrected chi connectivity index (χ0v) is 9.24. The number of benzene rings is 1. The quantitative estimate of drug-likeness (QED) is 0.809. The van der Waals surface area contributed by atoms with Crippen LogP contribution in [0.5, 0.6) is 0 Å². The molecule has 0 saturated heterocycles. The van der Waals surface area contributed by atoms with Crippen molar-refractivity contribution in [1.29, 1.82) is 0 Å². The molecule has 2 N–H and O–H groups in total. The van der Waals surface area contributed by atoms with Crippen molar-refractivity contribution in [3.63, 3.8) is 0 Å². The molecule has 0 fully saturated rings. The van der Waals surface area contributed by atoms with Crippen molar-refractivity contribution < 1.29 is 9.90 Å². The average Bonchev–Trinajstić information content (AvgIpc) is 2.64. The standard InChI is InChI=1S/C13H13NO2/c1-8-5-9(2)7-10(6-8)11-3-4-12(14-11)13(15)16/h3-7,14H,1-2H3,(H,15,16). The number of H-pyrrole nitrogens is 1. The molecule has 3 heteroatoms. The number of aromatic nitrogens is 1. The summed E-state index contributed by atoms with van der Waals surface area (Å²) < 4.78 is 0. The highest BCUT2D eigenvalue weighted by molar-refractivity contribution is 5.86. The number of rotatable bonds is 2. The normalized spacial score (nSPS) is 10.4. The highest BCUT2D eigenvalue weighted by atomic mass is 16.4. The molecule has 82 valence electrons. The highest BCUT2D eigenvalue weighted by Gasteiger charge is 2.07. The van der Waals surface area contributed by atoms with Crippen molar-refractivity contribution in [2.75, 3.05) is 0 Å². The fourth-order valence-electron chi connectivity index (χ4n) is 1.82. The Balaban J connectivity index is 2.46. The van der Waals surface area contributed by atoms with Crippen LogP contribution in [0.1, 0.15) is 21.6 Å². The topological polar surface area (TPSA) is 53.1 Å². The van der Waals surface area contributed by atoms with Gasteiger partial charge in [0.2, 0.25) is 0 Å². The second-order valence-corrected chi connectivity index (χ2v) is 3.97.